The number of guanidine groups is 1. The number of halogens is 10. The van der Waals surface area contributed by atoms with Crippen molar-refractivity contribution in [3.8, 4) is 0 Å². The van der Waals surface area contributed by atoms with Gasteiger partial charge in [-0.3, -0.25) is 5.41 Å². The van der Waals surface area contributed by atoms with E-state index in [0.717, 1.165) is 23.1 Å². The molecule has 33 heavy (non-hydrogen) atoms. The third-order valence-corrected chi connectivity index (χ3v) is 4.98. The van der Waals surface area contributed by atoms with Crippen LogP contribution in [0.5, 0.6) is 0 Å². The molecular weight excluding hydrogens is 537 g/mol. The standard InChI is InChI=1S/C18H13BrF9N5/c19-14-2-1-11(16(20,21)22)5-10(14)8-33(15(29)31-32-30)7-9-3-12(17(23,24)25)6-13(4-9)18(26,27)28/h1-6H,7-8H2,(H3,29,30,31). The third-order valence-electron chi connectivity index (χ3n) is 4.21. The molecular formula is C18H13BrF9N5. The van der Waals surface area contributed by atoms with E-state index in [0.29, 0.717) is 12.1 Å². The summed E-state index contributed by atoms with van der Waals surface area (Å²) in [6, 6.07) is 3.37. The van der Waals surface area contributed by atoms with Crippen molar-refractivity contribution in [2.75, 3.05) is 0 Å². The predicted molar refractivity (Wildman–Crippen MR) is 102 cm³/mol. The second-order valence-corrected chi connectivity index (χ2v) is 7.47. The molecule has 2 aromatic rings. The van der Waals surface area contributed by atoms with Crippen molar-refractivity contribution in [1.29, 1.82) is 5.41 Å². The Labute approximate surface area is 188 Å². The van der Waals surface area contributed by atoms with Crippen molar-refractivity contribution in [1.82, 2.24) is 4.90 Å². The highest BCUT2D eigenvalue weighted by molar-refractivity contribution is 9.10. The lowest BCUT2D eigenvalue weighted by atomic mass is 10.0. The molecule has 0 aliphatic heterocycles. The van der Waals surface area contributed by atoms with Crippen molar-refractivity contribution in [3.63, 3.8) is 0 Å². The molecule has 0 atom stereocenters. The van der Waals surface area contributed by atoms with Crippen LogP contribution >= 0.6 is 15.9 Å². The van der Waals surface area contributed by atoms with Crippen LogP contribution in [0.2, 0.25) is 0 Å². The number of hydrogen-bond donors (Lipinski definition) is 2. The van der Waals surface area contributed by atoms with E-state index in [1.165, 1.54) is 0 Å². The van der Waals surface area contributed by atoms with Gasteiger partial charge in [-0.2, -0.15) is 39.5 Å². The lowest BCUT2D eigenvalue weighted by Gasteiger charge is -2.24. The lowest BCUT2D eigenvalue weighted by molar-refractivity contribution is -0.143. The molecule has 0 saturated carbocycles. The molecule has 0 fully saturated rings. The predicted octanol–water partition coefficient (Wildman–Crippen LogP) is 6.77. The first-order valence-electron chi connectivity index (χ1n) is 8.60. The molecule has 2 aromatic carbocycles. The third kappa shape index (κ3) is 7.07. The Kier molecular flexibility index (Phi) is 7.66. The first kappa shape index (κ1) is 26.4. The first-order valence-corrected chi connectivity index (χ1v) is 9.40. The van der Waals surface area contributed by atoms with Crippen LogP contribution < -0.4 is 5.84 Å². The SMILES string of the molecule is N=C(/N=N\N)N(Cc1cc(C(F)(F)F)cc(C(F)(F)F)c1)Cc1cc(C(F)(F)F)ccc1Br. The van der Waals surface area contributed by atoms with Crippen molar-refractivity contribution in [2.45, 2.75) is 31.6 Å². The molecule has 0 heterocycles. The van der Waals surface area contributed by atoms with Crippen molar-refractivity contribution in [3.05, 3.63) is 68.7 Å². The molecule has 3 N–H and O–H groups in total. The highest BCUT2D eigenvalue weighted by atomic mass is 79.9. The van der Waals surface area contributed by atoms with Gasteiger partial charge in [0.25, 0.3) is 0 Å². The Balaban J connectivity index is 2.52. The van der Waals surface area contributed by atoms with Gasteiger partial charge in [-0.25, -0.2) is 0 Å². The van der Waals surface area contributed by atoms with Gasteiger partial charge in [0.2, 0.25) is 5.96 Å². The number of nitrogens with one attached hydrogen (secondary N) is 1. The molecule has 0 spiro atoms. The normalized spacial score (nSPS) is 12.9. The topological polar surface area (TPSA) is 77.8 Å². The van der Waals surface area contributed by atoms with E-state index in [1.807, 2.05) is 0 Å². The summed E-state index contributed by atoms with van der Waals surface area (Å²) in [6.45, 7) is -1.28. The quantitative estimate of drug-likeness (QED) is 0.110. The number of alkyl halides is 9. The van der Waals surface area contributed by atoms with Gasteiger partial charge in [-0.1, -0.05) is 26.3 Å². The minimum Gasteiger partial charge on any atom is -0.331 e. The molecule has 180 valence electrons. The van der Waals surface area contributed by atoms with Crippen molar-refractivity contribution < 1.29 is 39.5 Å². The fraction of sp³-hybridized carbons (Fsp3) is 0.278. The maximum absolute atomic E-state index is 13.1. The number of nitrogens with two attached hydrogens (primary N) is 1. The Bertz CT molecular complexity index is 1010. The molecule has 0 aliphatic rings. The second-order valence-electron chi connectivity index (χ2n) is 6.61. The van der Waals surface area contributed by atoms with Gasteiger partial charge in [-0.15, -0.1) is 0 Å². The summed E-state index contributed by atoms with van der Waals surface area (Å²) in [5.74, 6) is 4.06. The molecule has 0 amide bonds. The molecule has 0 aliphatic carbocycles. The van der Waals surface area contributed by atoms with Crippen LogP contribution in [0, 0.1) is 5.41 Å². The van der Waals surface area contributed by atoms with Crippen molar-refractivity contribution in [2.24, 2.45) is 16.2 Å². The molecule has 0 saturated heterocycles. The maximum atomic E-state index is 13.1. The van der Waals surface area contributed by atoms with Gasteiger partial charge in [-0.05, 0) is 47.5 Å². The summed E-state index contributed by atoms with van der Waals surface area (Å²) in [6.07, 6.45) is -14.9. The largest absolute Gasteiger partial charge is 0.416 e. The molecule has 0 aromatic heterocycles. The average molecular weight is 550 g/mol. The fourth-order valence-electron chi connectivity index (χ4n) is 2.73. The summed E-state index contributed by atoms with van der Waals surface area (Å²) >= 11 is 3.03. The zero-order valence-electron chi connectivity index (χ0n) is 16.1. The highest BCUT2D eigenvalue weighted by Crippen LogP contribution is 2.37. The highest BCUT2D eigenvalue weighted by Gasteiger charge is 2.37. The number of nitrogens with zero attached hydrogens (tertiary/aromatic N) is 3. The van der Waals surface area contributed by atoms with E-state index in [1.54, 1.807) is 0 Å². The minimum atomic E-state index is -5.10. The Morgan fingerprint density at radius 3 is 1.79 bits per heavy atom. The van der Waals surface area contributed by atoms with E-state index in [-0.39, 0.29) is 16.1 Å². The van der Waals surface area contributed by atoms with Crippen LogP contribution in [0.1, 0.15) is 27.8 Å². The molecule has 0 radical (unpaired) electrons. The van der Waals surface area contributed by atoms with E-state index in [4.69, 9.17) is 11.3 Å². The smallest absolute Gasteiger partial charge is 0.331 e. The second kappa shape index (κ2) is 9.57. The van der Waals surface area contributed by atoms with E-state index in [2.05, 4.69) is 26.3 Å². The number of benzene rings is 2. The summed E-state index contributed by atoms with van der Waals surface area (Å²) in [5.41, 5.74) is -4.80. The Morgan fingerprint density at radius 1 is 0.818 bits per heavy atom. The van der Waals surface area contributed by atoms with Crippen LogP contribution in [0.4, 0.5) is 39.5 Å². The van der Waals surface area contributed by atoms with Crippen LogP contribution in [0.3, 0.4) is 0 Å². The summed E-state index contributed by atoms with van der Waals surface area (Å²) < 4.78 is 118. The Hall–Kier alpha value is -2.84. The van der Waals surface area contributed by atoms with Gasteiger partial charge in [0, 0.05) is 17.6 Å². The Morgan fingerprint density at radius 2 is 1.33 bits per heavy atom. The van der Waals surface area contributed by atoms with Gasteiger partial charge in [0.1, 0.15) is 0 Å². The molecule has 2 rings (SSSR count). The molecule has 0 unspecified atom stereocenters. The zero-order valence-corrected chi connectivity index (χ0v) is 17.7. The fourth-order valence-corrected chi connectivity index (χ4v) is 3.10. The van der Waals surface area contributed by atoms with Gasteiger partial charge >= 0.3 is 18.5 Å². The van der Waals surface area contributed by atoms with Gasteiger partial charge < -0.3 is 10.7 Å². The van der Waals surface area contributed by atoms with Crippen LogP contribution in [-0.2, 0) is 31.6 Å². The summed E-state index contributed by atoms with van der Waals surface area (Å²) in [7, 11) is 0. The van der Waals surface area contributed by atoms with Gasteiger partial charge in [0.15, 0.2) is 0 Å². The molecule has 0 bridgehead atoms. The lowest BCUT2D eigenvalue weighted by Crippen LogP contribution is -2.29. The monoisotopic (exact) mass is 549 g/mol. The molecule has 5 nitrogen and oxygen atoms in total. The van der Waals surface area contributed by atoms with Crippen LogP contribution in [-0.4, -0.2) is 10.9 Å². The molecule has 15 heteroatoms. The van der Waals surface area contributed by atoms with E-state index >= 15 is 0 Å². The van der Waals surface area contributed by atoms with Gasteiger partial charge in [0.05, 0.1) is 16.7 Å². The summed E-state index contributed by atoms with van der Waals surface area (Å²) in [5, 5.41) is 13.9. The van der Waals surface area contributed by atoms with Crippen molar-refractivity contribution >= 4 is 21.9 Å². The summed E-state index contributed by atoms with van der Waals surface area (Å²) in [4.78, 5) is 0.812. The van der Waals surface area contributed by atoms with Crippen LogP contribution in [0.15, 0.2) is 51.2 Å². The van der Waals surface area contributed by atoms with E-state index in [9.17, 15) is 39.5 Å². The number of hydrogen-bond acceptors (Lipinski definition) is 2. The maximum Gasteiger partial charge on any atom is 0.416 e. The minimum absolute atomic E-state index is 0.0650. The number of rotatable bonds is 4. The van der Waals surface area contributed by atoms with E-state index < -0.39 is 59.8 Å². The average Bonchev–Trinajstić information content (AvgIpc) is 2.66. The first-order chi connectivity index (χ1) is 15.0. The van der Waals surface area contributed by atoms with Crippen LogP contribution in [0.25, 0.3) is 0 Å². The zero-order chi connectivity index (χ0) is 25.2.